The fourth-order valence-corrected chi connectivity index (χ4v) is 11.3. The molecular formula is C52H86FN5O13. The van der Waals surface area contributed by atoms with Crippen LogP contribution in [-0.2, 0) is 44.4 Å². The number of aliphatic hydroxyl groups excluding tert-OH is 2. The molecule has 404 valence electrons. The second-order valence-corrected chi connectivity index (χ2v) is 21.7. The summed E-state index contributed by atoms with van der Waals surface area (Å²) in [6.45, 7) is 18.1. The number of alkyl halides is 1. The highest BCUT2D eigenvalue weighted by atomic mass is 19.1. The lowest BCUT2D eigenvalue weighted by molar-refractivity contribution is -0.308. The minimum atomic E-state index is -1.82. The summed E-state index contributed by atoms with van der Waals surface area (Å²) < 4.78 is 60.5. The topological polar surface area (TPSA) is 217 Å². The van der Waals surface area contributed by atoms with Crippen LogP contribution < -0.4 is 0 Å². The summed E-state index contributed by atoms with van der Waals surface area (Å²) in [5.41, 5.74) is -2.53. The normalized spacial score (nSPS) is 39.3. The van der Waals surface area contributed by atoms with E-state index in [1.807, 2.05) is 46.7 Å². The summed E-state index contributed by atoms with van der Waals surface area (Å²) in [6, 6.07) is 5.44. The first kappa shape index (κ1) is 58.8. The van der Waals surface area contributed by atoms with Crippen LogP contribution in [0.2, 0.25) is 0 Å². The van der Waals surface area contributed by atoms with Gasteiger partial charge in [-0.2, -0.15) is 0 Å². The monoisotopic (exact) mass is 1010 g/mol. The van der Waals surface area contributed by atoms with Gasteiger partial charge in [0.05, 0.1) is 47.2 Å². The number of ether oxygens (including phenoxy) is 7. The number of likely N-dealkylation sites (N-methyl/N-ethyl adjacent to an activating group) is 2. The van der Waals surface area contributed by atoms with Crippen LogP contribution >= 0.6 is 0 Å². The minimum absolute atomic E-state index is 0.0254. The molecule has 4 N–H and O–H groups in total. The van der Waals surface area contributed by atoms with E-state index in [9.17, 15) is 34.4 Å². The van der Waals surface area contributed by atoms with Gasteiger partial charge in [0.25, 0.3) is 0 Å². The zero-order valence-corrected chi connectivity index (χ0v) is 44.6. The van der Waals surface area contributed by atoms with Gasteiger partial charge in [0.15, 0.2) is 12.6 Å². The Hall–Kier alpha value is -3.05. The van der Waals surface area contributed by atoms with Crippen LogP contribution in [0.4, 0.5) is 4.39 Å². The van der Waals surface area contributed by atoms with Gasteiger partial charge in [-0.25, -0.2) is 9.07 Å². The first-order chi connectivity index (χ1) is 33.3. The molecule has 1 aromatic carbocycles. The molecule has 2 aromatic rings. The fraction of sp³-hybridized carbons (Fsp3) is 0.808. The third-order valence-electron chi connectivity index (χ3n) is 15.8. The number of methoxy groups -OCH3 is 2. The Morgan fingerprint density at radius 1 is 0.972 bits per heavy atom. The van der Waals surface area contributed by atoms with Crippen LogP contribution in [0.25, 0.3) is 0 Å². The second kappa shape index (κ2) is 25.0. The molecule has 19 heteroatoms. The third-order valence-corrected chi connectivity index (χ3v) is 15.8. The number of esters is 1. The van der Waals surface area contributed by atoms with Crippen molar-refractivity contribution in [1.82, 2.24) is 24.8 Å². The van der Waals surface area contributed by atoms with Crippen molar-refractivity contribution < 1.29 is 67.6 Å². The second-order valence-electron chi connectivity index (χ2n) is 21.7. The number of cyclic esters (lactones) is 1. The Balaban J connectivity index is 1.42. The van der Waals surface area contributed by atoms with Crippen molar-refractivity contribution in [2.24, 2.45) is 17.8 Å². The van der Waals surface area contributed by atoms with Crippen molar-refractivity contribution >= 4 is 12.3 Å². The van der Waals surface area contributed by atoms with E-state index in [-0.39, 0.29) is 37.3 Å². The van der Waals surface area contributed by atoms with E-state index in [0.717, 1.165) is 6.29 Å². The zero-order valence-electron chi connectivity index (χ0n) is 44.6. The summed E-state index contributed by atoms with van der Waals surface area (Å²) in [6.07, 6.45) is -4.01. The molecule has 1 aromatic heterocycles. The van der Waals surface area contributed by atoms with Crippen molar-refractivity contribution in [2.45, 2.75) is 204 Å². The van der Waals surface area contributed by atoms with Crippen LogP contribution in [0.5, 0.6) is 0 Å². The zero-order chi connectivity index (χ0) is 52.7. The average molecular weight is 1010 g/mol. The average Bonchev–Trinajstić information content (AvgIpc) is 3.80. The molecule has 0 bridgehead atoms. The van der Waals surface area contributed by atoms with Crippen molar-refractivity contribution in [2.75, 3.05) is 48.1 Å². The summed E-state index contributed by atoms with van der Waals surface area (Å²) in [7, 11) is 6.89. The first-order valence-electron chi connectivity index (χ1n) is 25.5. The lowest BCUT2D eigenvalue weighted by Gasteiger charge is -2.48. The molecule has 71 heavy (non-hydrogen) atoms. The largest absolute Gasteiger partial charge is 0.459 e. The Labute approximate surface area is 420 Å². The van der Waals surface area contributed by atoms with E-state index in [1.165, 1.54) is 25.8 Å². The van der Waals surface area contributed by atoms with Crippen molar-refractivity contribution in [3.05, 3.63) is 47.3 Å². The number of hydrogen-bond donors (Lipinski definition) is 4. The Morgan fingerprint density at radius 2 is 1.65 bits per heavy atom. The Bertz CT molecular complexity index is 1980. The van der Waals surface area contributed by atoms with Gasteiger partial charge < -0.3 is 63.4 Å². The van der Waals surface area contributed by atoms with Gasteiger partial charge in [0, 0.05) is 76.3 Å². The highest BCUT2D eigenvalue weighted by Crippen LogP contribution is 2.40. The van der Waals surface area contributed by atoms with Crippen molar-refractivity contribution in [3.8, 4) is 0 Å². The summed E-state index contributed by atoms with van der Waals surface area (Å²) in [5.74, 6) is -2.58. The molecule has 3 saturated heterocycles. The molecule has 5 rings (SSSR count). The lowest BCUT2D eigenvalue weighted by atomic mass is 9.77. The molecule has 18 nitrogen and oxygen atoms in total. The molecule has 0 aliphatic carbocycles. The standard InChI is InChI=1S/C52H86FN5O13/c1-15-41-52(10,64)46(60)34(6)57(12)27-30(2)24-50(8,63)48(32(4)44(33(5)49(62)69-41)70-43-25-51(9,66-14)47(61)35(7)68-43)71-42-23-39(22-31(3)67-42)56(11)21-20-38-28-58(55-54-38)40(26-53)45(65-13)37-18-16-36(29-59)17-19-37/h16-19,28-35,39-48,60-61,63-64H,15,20-27H2,1-14H3/t30-,31-,32+,33-,34-,35+,39+,40-,41-,42+,43+,44+,45-,46-,47+,48-,50-,51-,52-/m1/s1. The number of hydrogen-bond acceptors (Lipinski definition) is 17. The summed E-state index contributed by atoms with van der Waals surface area (Å²) in [5, 5.41) is 56.1. The summed E-state index contributed by atoms with van der Waals surface area (Å²) in [4.78, 5) is 29.8. The molecule has 0 spiro atoms. The van der Waals surface area contributed by atoms with Gasteiger partial charge >= 0.3 is 5.97 Å². The number of aldehydes is 1. The number of carbonyl (C=O) groups excluding carboxylic acids is 2. The van der Waals surface area contributed by atoms with E-state index >= 15 is 0 Å². The number of nitrogens with zero attached hydrogens (tertiary/aromatic N) is 5. The van der Waals surface area contributed by atoms with E-state index in [1.54, 1.807) is 65.1 Å². The van der Waals surface area contributed by atoms with Crippen molar-refractivity contribution in [3.63, 3.8) is 0 Å². The molecule has 19 atom stereocenters. The van der Waals surface area contributed by atoms with E-state index < -0.39 is 109 Å². The van der Waals surface area contributed by atoms with Gasteiger partial charge in [-0.05, 0) is 93.3 Å². The Kier molecular flexibility index (Phi) is 20.7. The van der Waals surface area contributed by atoms with Crippen LogP contribution in [0.15, 0.2) is 30.5 Å². The molecule has 3 fully saturated rings. The van der Waals surface area contributed by atoms with E-state index in [0.29, 0.717) is 49.2 Å². The molecule has 0 saturated carbocycles. The SMILES string of the molecule is CC[C@H]1OC(=O)[C@H](C)[C@@H](O[C@H]2C[C@@](C)(OC)[C@@H](O)[C@H](C)O2)[C@H](C)[C@@H](O[C@H]2C[C@@H](N(C)CCc3cn([C@H](CF)[C@H](OC)c4ccc(C=O)cc4)nn3)C[C@@H](C)O2)[C@](C)(O)C[C@@H](C)CN(C)[C@H](C)[C@@H](O)[C@]1(C)O. The number of carbonyl (C=O) groups is 2. The predicted octanol–water partition coefficient (Wildman–Crippen LogP) is 4.85. The van der Waals surface area contributed by atoms with Crippen LogP contribution in [0.3, 0.4) is 0 Å². The summed E-state index contributed by atoms with van der Waals surface area (Å²) >= 11 is 0. The molecule has 0 amide bonds. The van der Waals surface area contributed by atoms with Crippen molar-refractivity contribution in [1.29, 1.82) is 0 Å². The highest BCUT2D eigenvalue weighted by Gasteiger charge is 2.52. The number of aromatic nitrogens is 3. The lowest BCUT2D eigenvalue weighted by Crippen LogP contribution is -2.59. The quantitative estimate of drug-likeness (QED) is 0.131. The maximum atomic E-state index is 14.7. The van der Waals surface area contributed by atoms with Gasteiger partial charge in [0.2, 0.25) is 0 Å². The maximum absolute atomic E-state index is 14.7. The smallest absolute Gasteiger partial charge is 0.311 e. The Morgan fingerprint density at radius 3 is 2.25 bits per heavy atom. The van der Waals surface area contributed by atoms with Gasteiger partial charge in [-0.3, -0.25) is 9.59 Å². The number of rotatable bonds is 16. The molecule has 4 heterocycles. The minimum Gasteiger partial charge on any atom is -0.459 e. The van der Waals surface area contributed by atoms with Crippen LogP contribution in [0.1, 0.15) is 135 Å². The number of benzene rings is 1. The van der Waals surface area contributed by atoms with E-state index in [4.69, 9.17) is 33.2 Å². The predicted molar refractivity (Wildman–Crippen MR) is 262 cm³/mol. The first-order valence-corrected chi connectivity index (χ1v) is 25.5. The molecule has 3 aliphatic rings. The number of aliphatic hydroxyl groups is 4. The maximum Gasteiger partial charge on any atom is 0.311 e. The molecule has 0 unspecified atom stereocenters. The number of halogens is 1. The molecule has 3 aliphatic heterocycles. The van der Waals surface area contributed by atoms with Gasteiger partial charge in [-0.15, -0.1) is 5.10 Å². The van der Waals surface area contributed by atoms with Gasteiger partial charge in [-0.1, -0.05) is 50.3 Å². The van der Waals surface area contributed by atoms with Gasteiger partial charge in [0.1, 0.15) is 49.0 Å². The third kappa shape index (κ3) is 14.0. The molecular weight excluding hydrogens is 922 g/mol. The molecule has 0 radical (unpaired) electrons. The fourth-order valence-electron chi connectivity index (χ4n) is 11.3. The highest BCUT2D eigenvalue weighted by molar-refractivity contribution is 5.74. The van der Waals surface area contributed by atoms with E-state index in [2.05, 4.69) is 15.2 Å². The van der Waals surface area contributed by atoms with Crippen LogP contribution in [-0.4, -0.2) is 190 Å². The van der Waals surface area contributed by atoms with Crippen LogP contribution in [0, 0.1) is 17.8 Å².